The molecule has 2 atom stereocenters. The van der Waals surface area contributed by atoms with E-state index in [4.69, 9.17) is 4.74 Å². The second kappa shape index (κ2) is 9.04. The number of nitrogens with zero attached hydrogens (tertiary/aromatic N) is 2. The van der Waals surface area contributed by atoms with Gasteiger partial charge in [-0.25, -0.2) is 9.78 Å². The number of pyridine rings is 1. The van der Waals surface area contributed by atoms with Crippen LogP contribution in [0.5, 0.6) is 0 Å². The molecule has 0 spiro atoms. The van der Waals surface area contributed by atoms with Gasteiger partial charge in [0.25, 0.3) is 0 Å². The minimum atomic E-state index is -0.390. The SMILES string of the molecule is COC(=O)c1cc(Br)cnc1N1CCC(NC(=O)C2CCCCC2)C(C)C1. The molecule has 1 N–H and O–H groups in total. The number of rotatable bonds is 4. The first-order valence-electron chi connectivity index (χ1n) is 9.78. The summed E-state index contributed by atoms with van der Waals surface area (Å²) in [4.78, 5) is 31.3. The third-order valence-corrected chi connectivity index (χ3v) is 6.18. The van der Waals surface area contributed by atoms with Crippen molar-refractivity contribution in [3.8, 4) is 0 Å². The van der Waals surface area contributed by atoms with E-state index in [1.165, 1.54) is 13.5 Å². The van der Waals surface area contributed by atoms with Gasteiger partial charge in [0.1, 0.15) is 11.4 Å². The van der Waals surface area contributed by atoms with Crippen molar-refractivity contribution in [1.29, 1.82) is 0 Å². The predicted octanol–water partition coefficient (Wildman–Crippen LogP) is 3.54. The van der Waals surface area contributed by atoms with Crippen LogP contribution in [0.1, 0.15) is 55.8 Å². The normalized spacial score (nSPS) is 23.7. The van der Waals surface area contributed by atoms with Crippen molar-refractivity contribution in [2.75, 3.05) is 25.1 Å². The zero-order chi connectivity index (χ0) is 19.4. The van der Waals surface area contributed by atoms with Crippen LogP contribution >= 0.6 is 15.9 Å². The van der Waals surface area contributed by atoms with Crippen molar-refractivity contribution < 1.29 is 14.3 Å². The lowest BCUT2D eigenvalue weighted by Gasteiger charge is -2.39. The highest BCUT2D eigenvalue weighted by Gasteiger charge is 2.32. The maximum absolute atomic E-state index is 12.6. The molecule has 2 heterocycles. The van der Waals surface area contributed by atoms with E-state index in [1.54, 1.807) is 12.3 Å². The van der Waals surface area contributed by atoms with Gasteiger partial charge in [-0.3, -0.25) is 4.79 Å². The smallest absolute Gasteiger partial charge is 0.341 e. The molecule has 1 aliphatic carbocycles. The molecule has 1 saturated heterocycles. The zero-order valence-corrected chi connectivity index (χ0v) is 17.6. The van der Waals surface area contributed by atoms with Crippen LogP contribution in [0.2, 0.25) is 0 Å². The summed E-state index contributed by atoms with van der Waals surface area (Å²) in [7, 11) is 1.38. The number of methoxy groups -OCH3 is 1. The van der Waals surface area contributed by atoms with Crippen molar-refractivity contribution >= 4 is 33.6 Å². The molecule has 0 aromatic carbocycles. The van der Waals surface area contributed by atoms with E-state index in [0.29, 0.717) is 11.4 Å². The van der Waals surface area contributed by atoms with Crippen LogP contribution in [0, 0.1) is 11.8 Å². The number of ether oxygens (including phenoxy) is 1. The van der Waals surface area contributed by atoms with Crippen LogP contribution in [0.4, 0.5) is 5.82 Å². The summed E-state index contributed by atoms with van der Waals surface area (Å²) in [6.07, 6.45) is 8.16. The van der Waals surface area contributed by atoms with Crippen molar-refractivity contribution in [3.63, 3.8) is 0 Å². The third kappa shape index (κ3) is 4.81. The summed E-state index contributed by atoms with van der Waals surface area (Å²) in [5, 5.41) is 3.28. The molecule has 2 unspecified atom stereocenters. The standard InChI is InChI=1S/C20H28BrN3O3/c1-13-12-24(18-16(20(26)27-2)10-15(21)11-22-18)9-8-17(13)23-19(25)14-6-4-3-5-7-14/h10-11,13-14,17H,3-9,12H2,1-2H3,(H,23,25). The molecule has 27 heavy (non-hydrogen) atoms. The Morgan fingerprint density at radius 2 is 2.00 bits per heavy atom. The number of carbonyl (C=O) groups is 2. The van der Waals surface area contributed by atoms with Gasteiger partial charge in [0.15, 0.2) is 0 Å². The summed E-state index contributed by atoms with van der Waals surface area (Å²) in [5.41, 5.74) is 0.462. The van der Waals surface area contributed by atoms with E-state index >= 15 is 0 Å². The van der Waals surface area contributed by atoms with Crippen molar-refractivity contribution in [1.82, 2.24) is 10.3 Å². The van der Waals surface area contributed by atoms with Gasteiger partial charge in [0, 0.05) is 35.7 Å². The number of hydrogen-bond acceptors (Lipinski definition) is 5. The van der Waals surface area contributed by atoms with Crippen LogP contribution in [0.3, 0.4) is 0 Å². The average Bonchev–Trinajstić information content (AvgIpc) is 2.69. The van der Waals surface area contributed by atoms with Gasteiger partial charge in [-0.15, -0.1) is 0 Å². The summed E-state index contributed by atoms with van der Waals surface area (Å²) in [6, 6.07) is 1.92. The second-order valence-electron chi connectivity index (χ2n) is 7.68. The minimum Gasteiger partial charge on any atom is -0.465 e. The number of piperidine rings is 1. The Hall–Kier alpha value is -1.63. The van der Waals surface area contributed by atoms with Crippen LogP contribution in [-0.2, 0) is 9.53 Å². The van der Waals surface area contributed by atoms with E-state index < -0.39 is 0 Å². The lowest BCUT2D eigenvalue weighted by Crippen LogP contribution is -2.51. The molecule has 1 aromatic rings. The molecular formula is C20H28BrN3O3. The summed E-state index contributed by atoms with van der Waals surface area (Å²) < 4.78 is 5.65. The number of carbonyl (C=O) groups excluding carboxylic acids is 2. The molecule has 6 nitrogen and oxygen atoms in total. The number of esters is 1. The topological polar surface area (TPSA) is 71.5 Å². The first kappa shape index (κ1) is 20.1. The fourth-order valence-electron chi connectivity index (χ4n) is 4.16. The summed E-state index contributed by atoms with van der Waals surface area (Å²) in [5.74, 6) is 0.940. The first-order valence-corrected chi connectivity index (χ1v) is 10.6. The van der Waals surface area contributed by atoms with Crippen molar-refractivity contribution in [3.05, 3.63) is 22.3 Å². The summed E-state index contributed by atoms with van der Waals surface area (Å²) in [6.45, 7) is 3.64. The molecule has 2 aliphatic rings. The molecule has 148 valence electrons. The van der Waals surface area contributed by atoms with Crippen molar-refractivity contribution in [2.45, 2.75) is 51.5 Å². The van der Waals surface area contributed by atoms with Crippen LogP contribution < -0.4 is 10.2 Å². The lowest BCUT2D eigenvalue weighted by molar-refractivity contribution is -0.127. The monoisotopic (exact) mass is 437 g/mol. The molecule has 0 radical (unpaired) electrons. The fourth-order valence-corrected chi connectivity index (χ4v) is 4.49. The van der Waals surface area contributed by atoms with Crippen LogP contribution in [0.25, 0.3) is 0 Å². The number of halogens is 1. The Morgan fingerprint density at radius 3 is 2.67 bits per heavy atom. The molecule has 1 aliphatic heterocycles. The maximum atomic E-state index is 12.6. The first-order chi connectivity index (χ1) is 13.0. The number of amides is 1. The second-order valence-corrected chi connectivity index (χ2v) is 8.59. The molecule has 0 bridgehead atoms. The Balaban J connectivity index is 1.65. The van der Waals surface area contributed by atoms with Gasteiger partial charge in [-0.1, -0.05) is 26.2 Å². The van der Waals surface area contributed by atoms with Gasteiger partial charge in [0.2, 0.25) is 5.91 Å². The molecule has 3 rings (SSSR count). The lowest BCUT2D eigenvalue weighted by atomic mass is 9.87. The van der Waals surface area contributed by atoms with E-state index in [0.717, 1.165) is 49.7 Å². The molecular weight excluding hydrogens is 410 g/mol. The van der Waals surface area contributed by atoms with Gasteiger partial charge < -0.3 is 15.0 Å². The van der Waals surface area contributed by atoms with E-state index in [9.17, 15) is 9.59 Å². The molecule has 1 aromatic heterocycles. The van der Waals surface area contributed by atoms with Gasteiger partial charge in [0.05, 0.1) is 7.11 Å². The Morgan fingerprint density at radius 1 is 1.26 bits per heavy atom. The number of nitrogens with one attached hydrogen (secondary N) is 1. The van der Waals surface area contributed by atoms with Gasteiger partial charge in [-0.05, 0) is 47.2 Å². The quantitative estimate of drug-likeness (QED) is 0.729. The number of aromatic nitrogens is 1. The Bertz CT molecular complexity index is 691. The molecule has 1 saturated carbocycles. The summed E-state index contributed by atoms with van der Waals surface area (Å²) >= 11 is 3.37. The predicted molar refractivity (Wildman–Crippen MR) is 108 cm³/mol. The Kier molecular flexibility index (Phi) is 6.73. The van der Waals surface area contributed by atoms with E-state index in [2.05, 4.69) is 38.1 Å². The van der Waals surface area contributed by atoms with E-state index in [-0.39, 0.29) is 29.8 Å². The molecule has 7 heteroatoms. The zero-order valence-electron chi connectivity index (χ0n) is 16.0. The molecule has 1 amide bonds. The highest BCUT2D eigenvalue weighted by molar-refractivity contribution is 9.10. The maximum Gasteiger partial charge on any atom is 0.341 e. The third-order valence-electron chi connectivity index (χ3n) is 5.75. The molecule has 2 fully saturated rings. The number of anilines is 1. The number of hydrogen-bond donors (Lipinski definition) is 1. The minimum absolute atomic E-state index is 0.174. The average molecular weight is 438 g/mol. The largest absolute Gasteiger partial charge is 0.465 e. The van der Waals surface area contributed by atoms with Crippen molar-refractivity contribution in [2.24, 2.45) is 11.8 Å². The van der Waals surface area contributed by atoms with E-state index in [1.807, 2.05) is 0 Å². The highest BCUT2D eigenvalue weighted by Crippen LogP contribution is 2.28. The van der Waals surface area contributed by atoms with Crippen LogP contribution in [-0.4, -0.2) is 43.1 Å². The Labute approximate surface area is 169 Å². The van der Waals surface area contributed by atoms with Gasteiger partial charge >= 0.3 is 5.97 Å². The fraction of sp³-hybridized carbons (Fsp3) is 0.650. The van der Waals surface area contributed by atoms with Gasteiger partial charge in [-0.2, -0.15) is 0 Å². The van der Waals surface area contributed by atoms with Crippen LogP contribution in [0.15, 0.2) is 16.7 Å². The highest BCUT2D eigenvalue weighted by atomic mass is 79.9.